The van der Waals surface area contributed by atoms with E-state index in [4.69, 9.17) is 5.11 Å². The fourth-order valence-electron chi connectivity index (χ4n) is 4.30. The van der Waals surface area contributed by atoms with Crippen molar-refractivity contribution in [3.8, 4) is 0 Å². The third-order valence-corrected chi connectivity index (χ3v) is 6.03. The minimum absolute atomic E-state index is 0.00431. The molecule has 2 heterocycles. The molecule has 1 aliphatic heterocycles. The Morgan fingerprint density at radius 2 is 1.79 bits per heavy atom. The van der Waals surface area contributed by atoms with E-state index >= 15 is 0 Å². The maximum Gasteiger partial charge on any atom is 0.338 e. The van der Waals surface area contributed by atoms with Gasteiger partial charge in [-0.3, -0.25) is 14.3 Å². The molecule has 29 heavy (non-hydrogen) atoms. The van der Waals surface area contributed by atoms with Crippen LogP contribution >= 0.6 is 0 Å². The van der Waals surface area contributed by atoms with Gasteiger partial charge in [-0.2, -0.15) is 5.10 Å². The Morgan fingerprint density at radius 1 is 1.03 bits per heavy atom. The first kappa shape index (κ1) is 19.4. The van der Waals surface area contributed by atoms with Crippen molar-refractivity contribution in [2.24, 2.45) is 0 Å². The molecule has 152 valence electrons. The number of hydrogen-bond donors (Lipinski definition) is 1. The number of fused-ring (bicyclic) bond motifs is 1. The maximum atomic E-state index is 12.5. The summed E-state index contributed by atoms with van der Waals surface area (Å²) in [5.41, 5.74) is 3.50. The maximum absolute atomic E-state index is 12.5. The number of carboxylic acid groups (broad SMARTS) is 1. The number of Topliss-reactive ketones (excluding diaryl/α,β-unsaturated/α-hetero) is 1. The Hall–Kier alpha value is -2.96. The summed E-state index contributed by atoms with van der Waals surface area (Å²) in [6.45, 7) is 1.19. The summed E-state index contributed by atoms with van der Waals surface area (Å²) in [5, 5.41) is 13.1. The largest absolute Gasteiger partial charge is 0.478 e. The second kappa shape index (κ2) is 8.19. The number of rotatable bonds is 6. The number of amides is 1. The number of benzene rings is 1. The molecule has 2 aliphatic rings. The predicted octanol–water partition coefficient (Wildman–Crippen LogP) is 2.90. The Bertz CT molecular complexity index is 941. The average molecular weight is 395 g/mol. The van der Waals surface area contributed by atoms with Crippen molar-refractivity contribution in [1.29, 1.82) is 0 Å². The molecule has 1 N–H and O–H groups in total. The molecule has 1 aromatic heterocycles. The molecule has 1 amide bonds. The van der Waals surface area contributed by atoms with Gasteiger partial charge in [-0.05, 0) is 49.3 Å². The number of aromatic nitrogens is 2. The summed E-state index contributed by atoms with van der Waals surface area (Å²) in [6, 6.07) is 6.03. The van der Waals surface area contributed by atoms with E-state index in [0.29, 0.717) is 18.7 Å². The van der Waals surface area contributed by atoms with Crippen LogP contribution in [0.4, 0.5) is 0 Å². The lowest BCUT2D eigenvalue weighted by atomic mass is 10.0. The molecule has 0 saturated carbocycles. The molecule has 7 nitrogen and oxygen atoms in total. The van der Waals surface area contributed by atoms with E-state index in [1.807, 2.05) is 18.2 Å². The minimum atomic E-state index is -0.989. The van der Waals surface area contributed by atoms with Crippen LogP contribution in [0.3, 0.4) is 0 Å². The van der Waals surface area contributed by atoms with Crippen molar-refractivity contribution in [3.05, 3.63) is 52.8 Å². The zero-order valence-corrected chi connectivity index (χ0v) is 16.3. The molecule has 1 aliphatic carbocycles. The van der Waals surface area contributed by atoms with E-state index in [0.717, 1.165) is 32.1 Å². The lowest BCUT2D eigenvalue weighted by molar-refractivity contribution is -0.132. The third-order valence-electron chi connectivity index (χ3n) is 6.03. The summed E-state index contributed by atoms with van der Waals surface area (Å²) in [4.78, 5) is 37.8. The molecular formula is C22H25N3O4. The molecule has 1 saturated heterocycles. The number of likely N-dealkylation sites (tertiary alicyclic amines) is 1. The minimum Gasteiger partial charge on any atom is -0.478 e. The SMILES string of the molecule is O=C(O)c1cnn(C2CCN(C(=O)CCC(=O)c3ccc4c(c3)CCC4)CC2)c1. The smallest absolute Gasteiger partial charge is 0.338 e. The highest BCUT2D eigenvalue weighted by molar-refractivity contribution is 5.98. The van der Waals surface area contributed by atoms with Gasteiger partial charge >= 0.3 is 5.97 Å². The van der Waals surface area contributed by atoms with E-state index in [9.17, 15) is 14.4 Å². The van der Waals surface area contributed by atoms with Gasteiger partial charge in [0, 0.05) is 37.7 Å². The molecule has 1 fully saturated rings. The van der Waals surface area contributed by atoms with Crippen molar-refractivity contribution in [1.82, 2.24) is 14.7 Å². The number of carboxylic acids is 1. The summed E-state index contributed by atoms with van der Waals surface area (Å²) in [6.07, 6.45) is 8.09. The summed E-state index contributed by atoms with van der Waals surface area (Å²) in [5.74, 6) is -0.956. The Kier molecular flexibility index (Phi) is 5.47. The first-order valence-corrected chi connectivity index (χ1v) is 10.2. The summed E-state index contributed by atoms with van der Waals surface area (Å²) < 4.78 is 1.68. The number of carbonyl (C=O) groups excluding carboxylic acids is 2. The number of aryl methyl sites for hydroxylation is 2. The van der Waals surface area contributed by atoms with Crippen LogP contribution in [0.5, 0.6) is 0 Å². The standard InChI is InChI=1S/C22H25N3O4/c26-20(17-5-4-15-2-1-3-16(15)12-17)6-7-21(27)24-10-8-19(9-11-24)25-14-18(13-23-25)22(28)29/h4-5,12-14,19H,1-3,6-11H2,(H,28,29). The van der Waals surface area contributed by atoms with Crippen LogP contribution < -0.4 is 0 Å². The molecule has 7 heteroatoms. The van der Waals surface area contributed by atoms with Gasteiger partial charge in [0.1, 0.15) is 0 Å². The lowest BCUT2D eigenvalue weighted by Gasteiger charge is -2.32. The van der Waals surface area contributed by atoms with E-state index in [2.05, 4.69) is 5.10 Å². The van der Waals surface area contributed by atoms with Crippen LogP contribution in [0.15, 0.2) is 30.6 Å². The second-order valence-electron chi connectivity index (χ2n) is 7.89. The molecule has 1 aromatic carbocycles. The third kappa shape index (κ3) is 4.23. The molecule has 0 radical (unpaired) electrons. The zero-order valence-electron chi connectivity index (χ0n) is 16.3. The van der Waals surface area contributed by atoms with Crippen LogP contribution in [0, 0.1) is 0 Å². The number of carbonyl (C=O) groups is 3. The van der Waals surface area contributed by atoms with Gasteiger partial charge in [-0.15, -0.1) is 0 Å². The van der Waals surface area contributed by atoms with Crippen molar-refractivity contribution in [2.75, 3.05) is 13.1 Å². The quantitative estimate of drug-likeness (QED) is 0.759. The highest BCUT2D eigenvalue weighted by Gasteiger charge is 2.25. The van der Waals surface area contributed by atoms with Gasteiger partial charge in [0.25, 0.3) is 0 Å². The van der Waals surface area contributed by atoms with Gasteiger partial charge in [0.2, 0.25) is 5.91 Å². The molecule has 0 bridgehead atoms. The highest BCUT2D eigenvalue weighted by Crippen LogP contribution is 2.25. The molecule has 2 aromatic rings. The Morgan fingerprint density at radius 3 is 2.52 bits per heavy atom. The van der Waals surface area contributed by atoms with Crippen LogP contribution in [-0.2, 0) is 17.6 Å². The zero-order chi connectivity index (χ0) is 20.4. The van der Waals surface area contributed by atoms with E-state index in [-0.39, 0.29) is 36.1 Å². The average Bonchev–Trinajstić information content (AvgIpc) is 3.41. The van der Waals surface area contributed by atoms with Crippen LogP contribution in [-0.4, -0.2) is 50.5 Å². The molecular weight excluding hydrogens is 370 g/mol. The van der Waals surface area contributed by atoms with Crippen molar-refractivity contribution in [2.45, 2.75) is 51.0 Å². The lowest BCUT2D eigenvalue weighted by Crippen LogP contribution is -2.39. The number of nitrogens with zero attached hydrogens (tertiary/aromatic N) is 3. The fraction of sp³-hybridized carbons (Fsp3) is 0.455. The van der Waals surface area contributed by atoms with Gasteiger partial charge in [0.05, 0.1) is 17.8 Å². The normalized spacial score (nSPS) is 16.6. The summed E-state index contributed by atoms with van der Waals surface area (Å²) in [7, 11) is 0. The van der Waals surface area contributed by atoms with Crippen LogP contribution in [0.1, 0.15) is 70.0 Å². The Balaban J connectivity index is 1.26. The number of ketones is 1. The van der Waals surface area contributed by atoms with E-state index in [1.54, 1.807) is 15.8 Å². The molecule has 0 spiro atoms. The van der Waals surface area contributed by atoms with Gasteiger partial charge < -0.3 is 10.0 Å². The van der Waals surface area contributed by atoms with Crippen LogP contribution in [0.2, 0.25) is 0 Å². The summed E-state index contributed by atoms with van der Waals surface area (Å²) >= 11 is 0. The number of aromatic carboxylic acids is 1. The number of hydrogen-bond acceptors (Lipinski definition) is 4. The van der Waals surface area contributed by atoms with Crippen molar-refractivity contribution < 1.29 is 19.5 Å². The molecule has 0 atom stereocenters. The molecule has 0 unspecified atom stereocenters. The van der Waals surface area contributed by atoms with E-state index < -0.39 is 5.97 Å². The number of piperidine rings is 1. The van der Waals surface area contributed by atoms with Gasteiger partial charge in [0.15, 0.2) is 5.78 Å². The first-order valence-electron chi connectivity index (χ1n) is 10.2. The topological polar surface area (TPSA) is 92.5 Å². The Labute approximate surface area is 169 Å². The van der Waals surface area contributed by atoms with E-state index in [1.165, 1.54) is 17.3 Å². The monoisotopic (exact) mass is 395 g/mol. The predicted molar refractivity (Wildman–Crippen MR) is 106 cm³/mol. The van der Waals surface area contributed by atoms with Gasteiger partial charge in [-0.1, -0.05) is 12.1 Å². The van der Waals surface area contributed by atoms with Gasteiger partial charge in [-0.25, -0.2) is 4.79 Å². The fourth-order valence-corrected chi connectivity index (χ4v) is 4.30. The van der Waals surface area contributed by atoms with Crippen molar-refractivity contribution in [3.63, 3.8) is 0 Å². The highest BCUT2D eigenvalue weighted by atomic mass is 16.4. The molecule has 4 rings (SSSR count). The first-order chi connectivity index (χ1) is 14.0. The van der Waals surface area contributed by atoms with Crippen molar-refractivity contribution >= 4 is 17.7 Å². The van der Waals surface area contributed by atoms with Crippen LogP contribution in [0.25, 0.3) is 0 Å². The second-order valence-corrected chi connectivity index (χ2v) is 7.89.